The Kier molecular flexibility index (Phi) is 4.25. The number of halogens is 1. The van der Waals surface area contributed by atoms with Gasteiger partial charge in [0.1, 0.15) is 12.4 Å². The normalized spacial score (nSPS) is 10.5. The van der Waals surface area contributed by atoms with E-state index in [1.54, 1.807) is 0 Å². The van der Waals surface area contributed by atoms with Crippen molar-refractivity contribution >= 4 is 11.7 Å². The maximum atomic E-state index is 13.2. The molecule has 0 amide bonds. The zero-order valence-electron chi connectivity index (χ0n) is 9.37. The number of anilines is 1. The van der Waals surface area contributed by atoms with Crippen molar-refractivity contribution in [3.05, 3.63) is 29.6 Å². The first-order valence-corrected chi connectivity index (χ1v) is 4.87. The van der Waals surface area contributed by atoms with E-state index in [-0.39, 0.29) is 12.2 Å². The highest BCUT2D eigenvalue weighted by atomic mass is 19.1. The summed E-state index contributed by atoms with van der Waals surface area (Å²) < 4.78 is 18.1. The molecule has 0 spiro atoms. The van der Waals surface area contributed by atoms with Crippen LogP contribution in [0.1, 0.15) is 10.4 Å². The smallest absolute Gasteiger partial charge is 0.341 e. The van der Waals surface area contributed by atoms with E-state index in [0.29, 0.717) is 12.2 Å². The van der Waals surface area contributed by atoms with Gasteiger partial charge in [0.15, 0.2) is 0 Å². The molecule has 0 saturated carbocycles. The number of likely N-dealkylation sites (N-methyl/N-ethyl adjacent to an activating group) is 1. The van der Waals surface area contributed by atoms with Gasteiger partial charge in [-0.15, -0.1) is 0 Å². The lowest BCUT2D eigenvalue weighted by Crippen LogP contribution is -2.20. The van der Waals surface area contributed by atoms with Crippen molar-refractivity contribution in [3.63, 3.8) is 0 Å². The maximum absolute atomic E-state index is 13.2. The number of benzene rings is 1. The summed E-state index contributed by atoms with van der Waals surface area (Å²) in [5.74, 6) is -1.31. The number of esters is 1. The number of nitrogens with two attached hydrogens (primary N) is 1. The van der Waals surface area contributed by atoms with Crippen molar-refractivity contribution in [1.29, 1.82) is 0 Å². The Morgan fingerprint density at radius 1 is 1.50 bits per heavy atom. The van der Waals surface area contributed by atoms with Crippen LogP contribution >= 0.6 is 0 Å². The Balaban J connectivity index is 2.62. The molecule has 4 nitrogen and oxygen atoms in total. The summed E-state index contributed by atoms with van der Waals surface area (Å²) in [7, 11) is 3.71. The molecule has 0 saturated heterocycles. The summed E-state index contributed by atoms with van der Waals surface area (Å²) in [4.78, 5) is 13.3. The standard InChI is InChI=1S/C11H15FN2O2/c1-14(2)5-6-16-11(15)9-7-8(13)3-4-10(9)12/h3-4,7H,5-6,13H2,1-2H3. The summed E-state index contributed by atoms with van der Waals surface area (Å²) >= 11 is 0. The molecule has 0 aliphatic carbocycles. The minimum Gasteiger partial charge on any atom is -0.461 e. The molecule has 0 fully saturated rings. The predicted octanol–water partition coefficient (Wildman–Crippen LogP) is 1.13. The quantitative estimate of drug-likeness (QED) is 0.617. The van der Waals surface area contributed by atoms with Crippen LogP contribution in [0.15, 0.2) is 18.2 Å². The zero-order valence-corrected chi connectivity index (χ0v) is 9.37. The molecule has 88 valence electrons. The Morgan fingerprint density at radius 2 is 2.19 bits per heavy atom. The van der Waals surface area contributed by atoms with Gasteiger partial charge in [0.05, 0.1) is 5.56 Å². The fourth-order valence-electron chi connectivity index (χ4n) is 1.10. The topological polar surface area (TPSA) is 55.6 Å². The SMILES string of the molecule is CN(C)CCOC(=O)c1cc(N)ccc1F. The lowest BCUT2D eigenvalue weighted by Gasteiger charge is -2.10. The van der Waals surface area contributed by atoms with Gasteiger partial charge in [-0.25, -0.2) is 9.18 Å². The van der Waals surface area contributed by atoms with Gasteiger partial charge in [-0.05, 0) is 32.3 Å². The van der Waals surface area contributed by atoms with Gasteiger partial charge in [-0.2, -0.15) is 0 Å². The third-order valence-electron chi connectivity index (χ3n) is 1.98. The van der Waals surface area contributed by atoms with E-state index in [1.807, 2.05) is 19.0 Å². The fraction of sp³-hybridized carbons (Fsp3) is 0.364. The van der Waals surface area contributed by atoms with Crippen molar-refractivity contribution in [2.24, 2.45) is 0 Å². The van der Waals surface area contributed by atoms with Crippen LogP contribution in [0.4, 0.5) is 10.1 Å². The van der Waals surface area contributed by atoms with E-state index < -0.39 is 11.8 Å². The molecule has 0 atom stereocenters. The van der Waals surface area contributed by atoms with E-state index >= 15 is 0 Å². The van der Waals surface area contributed by atoms with Gasteiger partial charge in [-0.1, -0.05) is 0 Å². The number of carbonyl (C=O) groups is 1. The van der Waals surface area contributed by atoms with E-state index in [4.69, 9.17) is 10.5 Å². The van der Waals surface area contributed by atoms with Crippen molar-refractivity contribution in [2.75, 3.05) is 33.0 Å². The molecular weight excluding hydrogens is 211 g/mol. The van der Waals surface area contributed by atoms with Crippen molar-refractivity contribution in [1.82, 2.24) is 4.90 Å². The van der Waals surface area contributed by atoms with Crippen LogP contribution in [0, 0.1) is 5.82 Å². The van der Waals surface area contributed by atoms with Crippen molar-refractivity contribution in [2.45, 2.75) is 0 Å². The second kappa shape index (κ2) is 5.46. The number of nitrogen functional groups attached to an aromatic ring is 1. The summed E-state index contributed by atoms with van der Waals surface area (Å²) in [5, 5.41) is 0. The zero-order chi connectivity index (χ0) is 12.1. The molecule has 0 bridgehead atoms. The van der Waals surface area contributed by atoms with Crippen LogP contribution < -0.4 is 5.73 Å². The van der Waals surface area contributed by atoms with E-state index in [2.05, 4.69) is 0 Å². The van der Waals surface area contributed by atoms with Crippen LogP contribution in [0.5, 0.6) is 0 Å². The molecule has 0 aliphatic heterocycles. The molecule has 0 aromatic heterocycles. The van der Waals surface area contributed by atoms with E-state index in [1.165, 1.54) is 12.1 Å². The molecule has 0 unspecified atom stereocenters. The minimum absolute atomic E-state index is 0.126. The van der Waals surface area contributed by atoms with Crippen LogP contribution in [0.2, 0.25) is 0 Å². The van der Waals surface area contributed by atoms with Crippen molar-refractivity contribution < 1.29 is 13.9 Å². The average molecular weight is 226 g/mol. The molecule has 0 heterocycles. The van der Waals surface area contributed by atoms with Gasteiger partial charge < -0.3 is 15.4 Å². The summed E-state index contributed by atoms with van der Waals surface area (Å²) in [6.45, 7) is 0.815. The first-order valence-electron chi connectivity index (χ1n) is 4.87. The third kappa shape index (κ3) is 3.51. The molecule has 0 radical (unpaired) electrons. The number of ether oxygens (including phenoxy) is 1. The molecule has 0 aliphatic rings. The molecule has 16 heavy (non-hydrogen) atoms. The number of hydrogen-bond acceptors (Lipinski definition) is 4. The van der Waals surface area contributed by atoms with Gasteiger partial charge >= 0.3 is 5.97 Å². The number of hydrogen-bond donors (Lipinski definition) is 1. The highest BCUT2D eigenvalue weighted by molar-refractivity contribution is 5.90. The summed E-state index contributed by atoms with van der Waals surface area (Å²) in [6.07, 6.45) is 0. The number of rotatable bonds is 4. The second-order valence-corrected chi connectivity index (χ2v) is 3.68. The van der Waals surface area contributed by atoms with Crippen LogP contribution in [-0.2, 0) is 4.74 Å². The van der Waals surface area contributed by atoms with Gasteiger partial charge in [0, 0.05) is 12.2 Å². The Hall–Kier alpha value is -1.62. The Labute approximate surface area is 93.8 Å². The van der Waals surface area contributed by atoms with Crippen molar-refractivity contribution in [3.8, 4) is 0 Å². The maximum Gasteiger partial charge on any atom is 0.341 e. The largest absolute Gasteiger partial charge is 0.461 e. The lowest BCUT2D eigenvalue weighted by atomic mass is 10.2. The Morgan fingerprint density at radius 3 is 2.81 bits per heavy atom. The van der Waals surface area contributed by atoms with Gasteiger partial charge in [0.2, 0.25) is 0 Å². The van der Waals surface area contributed by atoms with Crippen LogP contribution in [-0.4, -0.2) is 38.1 Å². The predicted molar refractivity (Wildman–Crippen MR) is 59.6 cm³/mol. The molecule has 1 aromatic carbocycles. The van der Waals surface area contributed by atoms with Gasteiger partial charge in [0.25, 0.3) is 0 Å². The summed E-state index contributed by atoms with van der Waals surface area (Å²) in [5.41, 5.74) is 5.67. The van der Waals surface area contributed by atoms with E-state index in [9.17, 15) is 9.18 Å². The van der Waals surface area contributed by atoms with Gasteiger partial charge in [-0.3, -0.25) is 0 Å². The average Bonchev–Trinajstić information content (AvgIpc) is 2.21. The third-order valence-corrected chi connectivity index (χ3v) is 1.98. The monoisotopic (exact) mass is 226 g/mol. The molecule has 2 N–H and O–H groups in total. The first kappa shape index (κ1) is 12.4. The number of carbonyl (C=O) groups excluding carboxylic acids is 1. The molecule has 1 aromatic rings. The lowest BCUT2D eigenvalue weighted by molar-refractivity contribution is 0.0476. The summed E-state index contributed by atoms with van der Waals surface area (Å²) in [6, 6.07) is 3.82. The Bertz CT molecular complexity index is 380. The molecule has 5 heteroatoms. The minimum atomic E-state index is -0.688. The second-order valence-electron chi connectivity index (χ2n) is 3.68. The van der Waals surface area contributed by atoms with Crippen LogP contribution in [0.25, 0.3) is 0 Å². The van der Waals surface area contributed by atoms with Crippen LogP contribution in [0.3, 0.4) is 0 Å². The van der Waals surface area contributed by atoms with E-state index in [0.717, 1.165) is 6.07 Å². The fourth-order valence-corrected chi connectivity index (χ4v) is 1.10. The molecular formula is C11H15FN2O2. The number of nitrogens with zero attached hydrogens (tertiary/aromatic N) is 1. The first-order chi connectivity index (χ1) is 7.50. The molecule has 1 rings (SSSR count). The highest BCUT2D eigenvalue weighted by Gasteiger charge is 2.13. The highest BCUT2D eigenvalue weighted by Crippen LogP contribution is 2.13.